The molecule has 0 aliphatic carbocycles. The first kappa shape index (κ1) is 16.0. The Balaban J connectivity index is 1.85. The average molecular weight is 302 g/mol. The van der Waals surface area contributed by atoms with Gasteiger partial charge in [0.05, 0.1) is 19.3 Å². The van der Waals surface area contributed by atoms with Gasteiger partial charge in [0.25, 0.3) is 0 Å². The van der Waals surface area contributed by atoms with Crippen LogP contribution in [0.25, 0.3) is 0 Å². The second-order valence-electron chi connectivity index (χ2n) is 4.98. The number of amides is 1. The molecule has 2 aromatic rings. The first-order chi connectivity index (χ1) is 10.6. The summed E-state index contributed by atoms with van der Waals surface area (Å²) in [6, 6.07) is 11.8. The van der Waals surface area contributed by atoms with Crippen molar-refractivity contribution in [3.8, 4) is 5.75 Å². The summed E-state index contributed by atoms with van der Waals surface area (Å²) in [5.41, 5.74) is 2.61. The molecule has 1 amide bonds. The number of aryl methyl sites for hydroxylation is 1. The van der Waals surface area contributed by atoms with Crippen molar-refractivity contribution in [1.82, 2.24) is 5.32 Å². The first-order valence-corrected chi connectivity index (χ1v) is 6.98. The molecule has 2 rings (SSSR count). The van der Waals surface area contributed by atoms with E-state index in [1.54, 1.807) is 19.2 Å². The van der Waals surface area contributed by atoms with Gasteiger partial charge in [0, 0.05) is 6.54 Å². The fourth-order valence-electron chi connectivity index (χ4n) is 2.04. The minimum atomic E-state index is -0.270. The van der Waals surface area contributed by atoms with E-state index in [9.17, 15) is 9.18 Å². The Labute approximate surface area is 129 Å². The van der Waals surface area contributed by atoms with Crippen molar-refractivity contribution < 1.29 is 13.9 Å². The van der Waals surface area contributed by atoms with Gasteiger partial charge >= 0.3 is 0 Å². The van der Waals surface area contributed by atoms with Crippen LogP contribution in [-0.4, -0.2) is 19.6 Å². The van der Waals surface area contributed by atoms with Crippen molar-refractivity contribution in [2.24, 2.45) is 0 Å². The van der Waals surface area contributed by atoms with E-state index in [0.717, 1.165) is 11.1 Å². The Kier molecular flexibility index (Phi) is 5.49. The molecular formula is C17H19FN2O2. The Hall–Kier alpha value is -2.40. The van der Waals surface area contributed by atoms with Crippen LogP contribution in [0.1, 0.15) is 11.1 Å². The zero-order valence-corrected chi connectivity index (χ0v) is 12.7. The lowest BCUT2D eigenvalue weighted by molar-refractivity contribution is -0.115. The Morgan fingerprint density at radius 1 is 1.18 bits per heavy atom. The van der Waals surface area contributed by atoms with Crippen LogP contribution in [0.15, 0.2) is 42.5 Å². The smallest absolute Gasteiger partial charge is 0.238 e. The van der Waals surface area contributed by atoms with Crippen LogP contribution < -0.4 is 15.4 Å². The SMILES string of the molecule is COc1ccc(C)cc1NC(=O)CNCc1ccc(F)cc1. The van der Waals surface area contributed by atoms with Crippen LogP contribution in [0, 0.1) is 12.7 Å². The van der Waals surface area contributed by atoms with Crippen LogP contribution in [0.2, 0.25) is 0 Å². The van der Waals surface area contributed by atoms with Crippen molar-refractivity contribution in [2.45, 2.75) is 13.5 Å². The molecule has 5 heteroatoms. The van der Waals surface area contributed by atoms with E-state index >= 15 is 0 Å². The standard InChI is InChI=1S/C17H19FN2O2/c1-12-3-8-16(22-2)15(9-12)20-17(21)11-19-10-13-4-6-14(18)7-5-13/h3-9,19H,10-11H2,1-2H3,(H,20,21). The minimum Gasteiger partial charge on any atom is -0.495 e. The Morgan fingerprint density at radius 2 is 1.91 bits per heavy atom. The lowest BCUT2D eigenvalue weighted by atomic mass is 10.2. The van der Waals surface area contributed by atoms with Crippen molar-refractivity contribution >= 4 is 11.6 Å². The number of nitrogens with one attached hydrogen (secondary N) is 2. The van der Waals surface area contributed by atoms with Gasteiger partial charge in [0.1, 0.15) is 11.6 Å². The third kappa shape index (κ3) is 4.56. The molecule has 0 saturated carbocycles. The highest BCUT2D eigenvalue weighted by Gasteiger charge is 2.07. The quantitative estimate of drug-likeness (QED) is 0.862. The van der Waals surface area contributed by atoms with Crippen molar-refractivity contribution in [3.63, 3.8) is 0 Å². The van der Waals surface area contributed by atoms with Gasteiger partial charge in [0.15, 0.2) is 0 Å². The number of methoxy groups -OCH3 is 1. The van der Waals surface area contributed by atoms with E-state index in [-0.39, 0.29) is 18.3 Å². The number of benzene rings is 2. The molecule has 0 radical (unpaired) electrons. The molecule has 0 atom stereocenters. The number of rotatable bonds is 6. The maximum atomic E-state index is 12.8. The molecule has 2 N–H and O–H groups in total. The molecule has 0 bridgehead atoms. The van der Waals surface area contributed by atoms with Gasteiger partial charge in [-0.2, -0.15) is 0 Å². The molecule has 2 aromatic carbocycles. The van der Waals surface area contributed by atoms with Gasteiger partial charge in [-0.25, -0.2) is 4.39 Å². The molecule has 0 aromatic heterocycles. The molecule has 4 nitrogen and oxygen atoms in total. The molecule has 0 saturated heterocycles. The summed E-state index contributed by atoms with van der Waals surface area (Å²) >= 11 is 0. The molecule has 22 heavy (non-hydrogen) atoms. The van der Waals surface area contributed by atoms with E-state index in [2.05, 4.69) is 10.6 Å². The topological polar surface area (TPSA) is 50.4 Å². The lowest BCUT2D eigenvalue weighted by Crippen LogP contribution is -2.27. The van der Waals surface area contributed by atoms with E-state index in [0.29, 0.717) is 18.0 Å². The van der Waals surface area contributed by atoms with Crippen molar-refractivity contribution in [2.75, 3.05) is 19.0 Å². The second-order valence-corrected chi connectivity index (χ2v) is 4.98. The highest BCUT2D eigenvalue weighted by Crippen LogP contribution is 2.24. The second kappa shape index (κ2) is 7.56. The number of hydrogen-bond acceptors (Lipinski definition) is 3. The first-order valence-electron chi connectivity index (χ1n) is 6.98. The summed E-state index contributed by atoms with van der Waals surface area (Å²) < 4.78 is 18.0. The van der Waals surface area contributed by atoms with Gasteiger partial charge in [0.2, 0.25) is 5.91 Å². The fraction of sp³-hybridized carbons (Fsp3) is 0.235. The molecule has 0 spiro atoms. The minimum absolute atomic E-state index is 0.161. The summed E-state index contributed by atoms with van der Waals surface area (Å²) in [6.07, 6.45) is 0. The largest absolute Gasteiger partial charge is 0.495 e. The van der Waals surface area contributed by atoms with Crippen molar-refractivity contribution in [3.05, 3.63) is 59.4 Å². The summed E-state index contributed by atoms with van der Waals surface area (Å²) in [6.45, 7) is 2.61. The number of halogens is 1. The number of carbonyl (C=O) groups is 1. The van der Waals surface area contributed by atoms with Gasteiger partial charge in [-0.15, -0.1) is 0 Å². The summed E-state index contributed by atoms with van der Waals surface area (Å²) in [5, 5.41) is 5.83. The summed E-state index contributed by atoms with van der Waals surface area (Å²) in [4.78, 5) is 11.9. The van der Waals surface area contributed by atoms with Gasteiger partial charge in [-0.3, -0.25) is 4.79 Å². The van der Waals surface area contributed by atoms with E-state index in [1.807, 2.05) is 25.1 Å². The van der Waals surface area contributed by atoms with E-state index in [4.69, 9.17) is 4.74 Å². The number of hydrogen-bond donors (Lipinski definition) is 2. The Morgan fingerprint density at radius 3 is 2.59 bits per heavy atom. The predicted molar refractivity (Wildman–Crippen MR) is 84.5 cm³/mol. The fourth-order valence-corrected chi connectivity index (χ4v) is 2.04. The van der Waals surface area contributed by atoms with E-state index in [1.165, 1.54) is 12.1 Å². The monoisotopic (exact) mass is 302 g/mol. The van der Waals surface area contributed by atoms with Crippen molar-refractivity contribution in [1.29, 1.82) is 0 Å². The lowest BCUT2D eigenvalue weighted by Gasteiger charge is -2.11. The molecule has 0 aliphatic heterocycles. The van der Waals surface area contributed by atoms with Crippen LogP contribution in [0.4, 0.5) is 10.1 Å². The average Bonchev–Trinajstić information content (AvgIpc) is 2.49. The molecule has 0 aliphatic rings. The van der Waals surface area contributed by atoms with Crippen LogP contribution in [0.5, 0.6) is 5.75 Å². The Bertz CT molecular complexity index is 642. The molecule has 0 heterocycles. The van der Waals surface area contributed by atoms with Crippen LogP contribution in [0.3, 0.4) is 0 Å². The van der Waals surface area contributed by atoms with Gasteiger partial charge in [-0.05, 0) is 42.3 Å². The molecule has 0 fully saturated rings. The van der Waals surface area contributed by atoms with Crippen LogP contribution >= 0.6 is 0 Å². The third-order valence-electron chi connectivity index (χ3n) is 3.16. The van der Waals surface area contributed by atoms with Gasteiger partial charge < -0.3 is 15.4 Å². The number of anilines is 1. The normalized spacial score (nSPS) is 10.3. The zero-order chi connectivity index (χ0) is 15.9. The number of ether oxygens (including phenoxy) is 1. The summed E-state index contributed by atoms with van der Waals surface area (Å²) in [7, 11) is 1.56. The number of carbonyl (C=O) groups excluding carboxylic acids is 1. The highest BCUT2D eigenvalue weighted by atomic mass is 19.1. The molecule has 116 valence electrons. The van der Waals surface area contributed by atoms with E-state index < -0.39 is 0 Å². The predicted octanol–water partition coefficient (Wildman–Crippen LogP) is 2.87. The third-order valence-corrected chi connectivity index (χ3v) is 3.16. The maximum Gasteiger partial charge on any atom is 0.238 e. The molecule has 0 unspecified atom stereocenters. The maximum absolute atomic E-state index is 12.8. The highest BCUT2D eigenvalue weighted by molar-refractivity contribution is 5.93. The van der Waals surface area contributed by atoms with Crippen LogP contribution in [-0.2, 0) is 11.3 Å². The summed E-state index contributed by atoms with van der Waals surface area (Å²) in [5.74, 6) is 0.191. The zero-order valence-electron chi connectivity index (χ0n) is 12.7. The van der Waals surface area contributed by atoms with Gasteiger partial charge in [-0.1, -0.05) is 18.2 Å². The molecular weight excluding hydrogens is 283 g/mol.